The molecule has 5 aromatic rings. The van der Waals surface area contributed by atoms with E-state index in [1.165, 1.54) is 11.3 Å². The zero-order valence-electron chi connectivity index (χ0n) is 21.9. The predicted octanol–water partition coefficient (Wildman–Crippen LogP) is 8.87. The number of hydrogen-bond donors (Lipinski definition) is 0. The van der Waals surface area contributed by atoms with Gasteiger partial charge in [0.05, 0.1) is 11.4 Å². The summed E-state index contributed by atoms with van der Waals surface area (Å²) in [4.78, 5) is 7.78. The Bertz CT molecular complexity index is 1430. The Kier molecular flexibility index (Phi) is 8.70. The standard InChI is InChI=1S/C34H34ClN3/c1-2-3-23-38-32(33(28-17-9-5-10-18-28)36-34(38)29-19-11-6-12-20-29)26-37(24-27-15-7-4-8-16-27)25-30-21-13-14-22-31(30)35/h4-22H,2-3,23-26H2,1H3. The third kappa shape index (κ3) is 6.24. The van der Waals surface area contributed by atoms with E-state index in [1.54, 1.807) is 0 Å². The zero-order chi connectivity index (χ0) is 26.2. The van der Waals surface area contributed by atoms with Crippen LogP contribution in [0.4, 0.5) is 0 Å². The van der Waals surface area contributed by atoms with E-state index in [9.17, 15) is 0 Å². The molecular formula is C34H34ClN3. The fourth-order valence-corrected chi connectivity index (χ4v) is 5.12. The van der Waals surface area contributed by atoms with Crippen molar-refractivity contribution in [3.63, 3.8) is 0 Å². The highest BCUT2D eigenvalue weighted by molar-refractivity contribution is 6.31. The molecule has 4 heteroatoms. The maximum atomic E-state index is 6.64. The van der Waals surface area contributed by atoms with E-state index in [0.29, 0.717) is 0 Å². The van der Waals surface area contributed by atoms with Crippen LogP contribution in [0, 0.1) is 0 Å². The summed E-state index contributed by atoms with van der Waals surface area (Å²) in [5.74, 6) is 1.03. The molecule has 0 radical (unpaired) electrons. The van der Waals surface area contributed by atoms with Crippen LogP contribution in [-0.4, -0.2) is 14.5 Å². The molecule has 0 bridgehead atoms. The first-order valence-corrected chi connectivity index (χ1v) is 13.8. The highest BCUT2D eigenvalue weighted by atomic mass is 35.5. The number of hydrogen-bond acceptors (Lipinski definition) is 2. The first-order chi connectivity index (χ1) is 18.7. The fraction of sp³-hybridized carbons (Fsp3) is 0.206. The molecule has 0 spiro atoms. The van der Waals surface area contributed by atoms with Crippen molar-refractivity contribution in [3.8, 4) is 22.6 Å². The maximum Gasteiger partial charge on any atom is 0.140 e. The second-order valence-electron chi connectivity index (χ2n) is 9.69. The van der Waals surface area contributed by atoms with E-state index in [-0.39, 0.29) is 0 Å². The van der Waals surface area contributed by atoms with Crippen molar-refractivity contribution >= 4 is 11.6 Å². The minimum absolute atomic E-state index is 0.752. The molecule has 0 N–H and O–H groups in total. The lowest BCUT2D eigenvalue weighted by atomic mass is 10.1. The van der Waals surface area contributed by atoms with Gasteiger partial charge in [-0.15, -0.1) is 0 Å². The van der Waals surface area contributed by atoms with Crippen molar-refractivity contribution in [3.05, 3.63) is 137 Å². The molecule has 3 nitrogen and oxygen atoms in total. The summed E-state index contributed by atoms with van der Waals surface area (Å²) >= 11 is 6.64. The number of nitrogens with zero attached hydrogens (tertiary/aromatic N) is 3. The highest BCUT2D eigenvalue weighted by Gasteiger charge is 2.22. The molecule has 1 aromatic heterocycles. The van der Waals surface area contributed by atoms with Gasteiger partial charge in [-0.25, -0.2) is 4.98 Å². The fourth-order valence-electron chi connectivity index (χ4n) is 4.93. The maximum absolute atomic E-state index is 6.64. The van der Waals surface area contributed by atoms with Crippen molar-refractivity contribution in [1.29, 1.82) is 0 Å². The van der Waals surface area contributed by atoms with Gasteiger partial charge >= 0.3 is 0 Å². The first-order valence-electron chi connectivity index (χ1n) is 13.4. The summed E-state index contributed by atoms with van der Waals surface area (Å²) < 4.78 is 2.45. The number of benzene rings is 4. The van der Waals surface area contributed by atoms with Crippen molar-refractivity contribution in [2.75, 3.05) is 0 Å². The Labute approximate surface area is 231 Å². The smallest absolute Gasteiger partial charge is 0.140 e. The molecule has 0 fully saturated rings. The van der Waals surface area contributed by atoms with Gasteiger partial charge in [0.25, 0.3) is 0 Å². The van der Waals surface area contributed by atoms with Crippen LogP contribution >= 0.6 is 11.6 Å². The van der Waals surface area contributed by atoms with E-state index in [0.717, 1.165) is 72.3 Å². The van der Waals surface area contributed by atoms with Gasteiger partial charge in [-0.3, -0.25) is 4.90 Å². The highest BCUT2D eigenvalue weighted by Crippen LogP contribution is 2.32. The summed E-state index contributed by atoms with van der Waals surface area (Å²) in [6.07, 6.45) is 2.22. The Morgan fingerprint density at radius 3 is 1.95 bits per heavy atom. The van der Waals surface area contributed by atoms with Gasteiger partial charge in [0.15, 0.2) is 0 Å². The van der Waals surface area contributed by atoms with Gasteiger partial charge in [0, 0.05) is 42.3 Å². The molecule has 0 aliphatic rings. The van der Waals surface area contributed by atoms with Gasteiger partial charge < -0.3 is 4.57 Å². The molecule has 0 saturated carbocycles. The summed E-state index contributed by atoms with van der Waals surface area (Å²) in [5.41, 5.74) is 7.00. The van der Waals surface area contributed by atoms with E-state index in [1.807, 2.05) is 12.1 Å². The predicted molar refractivity (Wildman–Crippen MR) is 159 cm³/mol. The van der Waals surface area contributed by atoms with Crippen LogP contribution in [0.15, 0.2) is 115 Å². The summed E-state index contributed by atoms with van der Waals surface area (Å²) in [7, 11) is 0. The van der Waals surface area contributed by atoms with Crippen LogP contribution in [0.5, 0.6) is 0 Å². The van der Waals surface area contributed by atoms with Gasteiger partial charge in [-0.1, -0.05) is 134 Å². The SMILES string of the molecule is CCCCn1c(-c2ccccc2)nc(-c2ccccc2)c1CN(Cc1ccccc1)Cc1ccccc1Cl. The normalized spacial score (nSPS) is 11.2. The third-order valence-corrected chi connectivity index (χ3v) is 7.23. The van der Waals surface area contributed by atoms with Crippen LogP contribution in [-0.2, 0) is 26.2 Å². The second kappa shape index (κ2) is 12.7. The van der Waals surface area contributed by atoms with Gasteiger partial charge in [-0.05, 0) is 23.6 Å². The average molecular weight is 520 g/mol. The molecule has 0 saturated heterocycles. The van der Waals surface area contributed by atoms with Gasteiger partial charge in [0.1, 0.15) is 5.82 Å². The topological polar surface area (TPSA) is 21.1 Å². The molecule has 38 heavy (non-hydrogen) atoms. The number of aromatic nitrogens is 2. The Balaban J connectivity index is 1.62. The van der Waals surface area contributed by atoms with Crippen LogP contribution < -0.4 is 0 Å². The van der Waals surface area contributed by atoms with E-state index in [2.05, 4.69) is 120 Å². The molecule has 4 aromatic carbocycles. The second-order valence-corrected chi connectivity index (χ2v) is 10.1. The first kappa shape index (κ1) is 26.0. The van der Waals surface area contributed by atoms with Crippen LogP contribution in [0.2, 0.25) is 5.02 Å². The van der Waals surface area contributed by atoms with Gasteiger partial charge in [-0.2, -0.15) is 0 Å². The van der Waals surface area contributed by atoms with Crippen LogP contribution in [0.25, 0.3) is 22.6 Å². The van der Waals surface area contributed by atoms with Crippen molar-refractivity contribution < 1.29 is 0 Å². The van der Waals surface area contributed by atoms with Crippen molar-refractivity contribution in [2.24, 2.45) is 0 Å². The van der Waals surface area contributed by atoms with E-state index in [4.69, 9.17) is 16.6 Å². The average Bonchev–Trinajstić information content (AvgIpc) is 3.32. The molecule has 0 aliphatic heterocycles. The molecule has 0 unspecified atom stereocenters. The van der Waals surface area contributed by atoms with Crippen molar-refractivity contribution in [1.82, 2.24) is 14.5 Å². The minimum atomic E-state index is 0.752. The Morgan fingerprint density at radius 2 is 1.29 bits per heavy atom. The molecule has 0 amide bonds. The lowest BCUT2D eigenvalue weighted by Gasteiger charge is -2.25. The third-order valence-electron chi connectivity index (χ3n) is 6.86. The Hall–Kier alpha value is -3.66. The van der Waals surface area contributed by atoms with E-state index < -0.39 is 0 Å². The molecule has 0 aliphatic carbocycles. The molecule has 192 valence electrons. The summed E-state index contributed by atoms with van der Waals surface area (Å²) in [6.45, 7) is 5.51. The van der Waals surface area contributed by atoms with Crippen LogP contribution in [0.1, 0.15) is 36.6 Å². The number of rotatable bonds is 11. The number of halogens is 1. The monoisotopic (exact) mass is 519 g/mol. The van der Waals surface area contributed by atoms with Gasteiger partial charge in [0.2, 0.25) is 0 Å². The molecule has 0 atom stereocenters. The molecule has 5 rings (SSSR count). The summed E-state index contributed by atoms with van der Waals surface area (Å²) in [6, 6.07) is 40.0. The van der Waals surface area contributed by atoms with E-state index >= 15 is 0 Å². The number of imidazole rings is 1. The lowest BCUT2D eigenvalue weighted by molar-refractivity contribution is 0.241. The molecular weight excluding hydrogens is 486 g/mol. The zero-order valence-corrected chi connectivity index (χ0v) is 22.7. The summed E-state index contributed by atoms with van der Waals surface area (Å²) in [5, 5.41) is 0.804. The Morgan fingerprint density at radius 1 is 0.684 bits per heavy atom. The lowest BCUT2D eigenvalue weighted by Crippen LogP contribution is -2.24. The number of unbranched alkanes of at least 4 members (excludes halogenated alkanes) is 1. The largest absolute Gasteiger partial charge is 0.326 e. The quantitative estimate of drug-likeness (QED) is 0.174. The minimum Gasteiger partial charge on any atom is -0.326 e. The van der Waals surface area contributed by atoms with Crippen molar-refractivity contribution in [2.45, 2.75) is 45.9 Å². The molecule has 1 heterocycles. The van der Waals surface area contributed by atoms with Crippen LogP contribution in [0.3, 0.4) is 0 Å².